The lowest BCUT2D eigenvalue weighted by molar-refractivity contribution is 0.0148. The van der Waals surface area contributed by atoms with Crippen LogP contribution in [0.15, 0.2) is 18.2 Å². The molecule has 4 nitrogen and oxygen atoms in total. The highest BCUT2D eigenvalue weighted by molar-refractivity contribution is 14.1. The van der Waals surface area contributed by atoms with Crippen LogP contribution >= 0.6 is 34.2 Å². The van der Waals surface area contributed by atoms with E-state index in [4.69, 9.17) is 22.1 Å². The number of hydrogen-bond donors (Lipinski definition) is 2. The first kappa shape index (κ1) is 13.5. The van der Waals surface area contributed by atoms with Gasteiger partial charge < -0.3 is 15.6 Å². The Labute approximate surface area is 112 Å². The van der Waals surface area contributed by atoms with Crippen LogP contribution in [0.2, 0.25) is 5.02 Å². The molecule has 2 unspecified atom stereocenters. The fourth-order valence-electron chi connectivity index (χ4n) is 1.28. The van der Waals surface area contributed by atoms with Crippen LogP contribution in [0.1, 0.15) is 18.6 Å². The highest BCUT2D eigenvalue weighted by Crippen LogP contribution is 2.29. The van der Waals surface area contributed by atoms with Gasteiger partial charge in [-0.3, -0.25) is 0 Å². The highest BCUT2D eigenvalue weighted by atomic mass is 127. The van der Waals surface area contributed by atoms with Crippen molar-refractivity contribution in [2.75, 3.05) is 0 Å². The summed E-state index contributed by atoms with van der Waals surface area (Å²) in [6.07, 6.45) is -2.67. The number of carbonyl (C=O) groups is 1. The van der Waals surface area contributed by atoms with Crippen molar-refractivity contribution in [3.63, 3.8) is 0 Å². The average molecular weight is 356 g/mol. The first-order valence-corrected chi connectivity index (χ1v) is 5.96. The molecule has 6 heteroatoms. The summed E-state index contributed by atoms with van der Waals surface area (Å²) >= 11 is 8.11. The van der Waals surface area contributed by atoms with E-state index >= 15 is 0 Å². The van der Waals surface area contributed by atoms with Gasteiger partial charge in [-0.2, -0.15) is 0 Å². The Morgan fingerprint density at radius 2 is 2.25 bits per heavy atom. The topological polar surface area (TPSA) is 72.6 Å². The van der Waals surface area contributed by atoms with Gasteiger partial charge in [0, 0.05) is 14.2 Å². The molecule has 2 atom stereocenters. The molecule has 16 heavy (non-hydrogen) atoms. The standard InChI is InChI=1S/C10H11ClINO3/c1-5(14)9(16-10(13)15)7-3-2-6(12)4-8(7)11/h2-5,9,14H,1H3,(H2,13,15). The summed E-state index contributed by atoms with van der Waals surface area (Å²) in [6.45, 7) is 1.50. The van der Waals surface area contributed by atoms with Gasteiger partial charge in [0.05, 0.1) is 6.10 Å². The first-order valence-electron chi connectivity index (χ1n) is 4.51. The number of carbonyl (C=O) groups excluding carboxylic acids is 1. The van der Waals surface area contributed by atoms with E-state index in [-0.39, 0.29) is 0 Å². The molecule has 0 saturated heterocycles. The normalized spacial score (nSPS) is 14.2. The zero-order chi connectivity index (χ0) is 12.3. The van der Waals surface area contributed by atoms with E-state index in [1.165, 1.54) is 6.92 Å². The minimum Gasteiger partial charge on any atom is -0.439 e. The van der Waals surface area contributed by atoms with Crippen molar-refractivity contribution in [3.05, 3.63) is 32.4 Å². The average Bonchev–Trinajstić information content (AvgIpc) is 2.14. The van der Waals surface area contributed by atoms with Gasteiger partial charge in [0.1, 0.15) is 0 Å². The monoisotopic (exact) mass is 355 g/mol. The molecule has 0 aliphatic carbocycles. The second-order valence-corrected chi connectivity index (χ2v) is 4.92. The molecule has 0 aliphatic heterocycles. The first-order chi connectivity index (χ1) is 7.41. The molecule has 0 saturated carbocycles. The van der Waals surface area contributed by atoms with Gasteiger partial charge in [-0.05, 0) is 41.6 Å². The van der Waals surface area contributed by atoms with Crippen molar-refractivity contribution in [2.24, 2.45) is 5.73 Å². The number of primary amides is 1. The molecule has 0 heterocycles. The van der Waals surface area contributed by atoms with Crippen molar-refractivity contribution < 1.29 is 14.6 Å². The highest BCUT2D eigenvalue weighted by Gasteiger charge is 2.23. The zero-order valence-electron chi connectivity index (χ0n) is 8.48. The molecule has 1 rings (SSSR count). The Hall–Kier alpha value is -0.530. The van der Waals surface area contributed by atoms with Crippen molar-refractivity contribution in [3.8, 4) is 0 Å². The fourth-order valence-corrected chi connectivity index (χ4v) is 2.24. The van der Waals surface area contributed by atoms with Crippen molar-refractivity contribution in [1.82, 2.24) is 0 Å². The summed E-state index contributed by atoms with van der Waals surface area (Å²) in [4.78, 5) is 10.7. The lowest BCUT2D eigenvalue weighted by atomic mass is 10.1. The summed E-state index contributed by atoms with van der Waals surface area (Å²) in [7, 11) is 0. The molecule has 0 bridgehead atoms. The molecular formula is C10H11ClINO3. The maximum atomic E-state index is 10.7. The summed E-state index contributed by atoms with van der Waals surface area (Å²) in [5.74, 6) is 0. The second-order valence-electron chi connectivity index (χ2n) is 3.26. The number of halogens is 2. The minimum absolute atomic E-state index is 0.430. The van der Waals surface area contributed by atoms with Gasteiger partial charge in [-0.1, -0.05) is 17.7 Å². The Morgan fingerprint density at radius 3 is 2.69 bits per heavy atom. The molecule has 88 valence electrons. The maximum Gasteiger partial charge on any atom is 0.405 e. The maximum absolute atomic E-state index is 10.7. The van der Waals surface area contributed by atoms with E-state index in [1.54, 1.807) is 12.1 Å². The van der Waals surface area contributed by atoms with E-state index in [9.17, 15) is 9.90 Å². The fraction of sp³-hybridized carbons (Fsp3) is 0.300. The van der Waals surface area contributed by atoms with Crippen molar-refractivity contribution in [2.45, 2.75) is 19.1 Å². The predicted molar refractivity (Wildman–Crippen MR) is 69.3 cm³/mol. The predicted octanol–water partition coefficient (Wildman–Crippen LogP) is 2.46. The van der Waals surface area contributed by atoms with Gasteiger partial charge >= 0.3 is 6.09 Å². The van der Waals surface area contributed by atoms with Gasteiger partial charge in [0.2, 0.25) is 0 Å². The van der Waals surface area contributed by atoms with Crippen LogP contribution in [0.4, 0.5) is 4.79 Å². The molecule has 1 aromatic rings. The number of benzene rings is 1. The van der Waals surface area contributed by atoms with Gasteiger partial charge in [-0.15, -0.1) is 0 Å². The molecule has 1 aromatic carbocycles. The lowest BCUT2D eigenvalue weighted by Gasteiger charge is -2.20. The third-order valence-electron chi connectivity index (χ3n) is 1.95. The Kier molecular flexibility index (Phi) is 4.82. The summed E-state index contributed by atoms with van der Waals surface area (Å²) < 4.78 is 5.77. The Morgan fingerprint density at radius 1 is 1.62 bits per heavy atom. The lowest BCUT2D eigenvalue weighted by Crippen LogP contribution is -2.25. The third kappa shape index (κ3) is 3.50. The number of ether oxygens (including phenoxy) is 1. The molecule has 0 spiro atoms. The molecule has 0 aromatic heterocycles. The smallest absolute Gasteiger partial charge is 0.405 e. The van der Waals surface area contributed by atoms with Gasteiger partial charge in [0.15, 0.2) is 6.10 Å². The van der Waals surface area contributed by atoms with E-state index in [1.807, 2.05) is 6.07 Å². The van der Waals surface area contributed by atoms with E-state index in [2.05, 4.69) is 22.6 Å². The number of nitrogens with two attached hydrogens (primary N) is 1. The Balaban J connectivity index is 3.05. The SMILES string of the molecule is CC(O)C(OC(N)=O)c1ccc(I)cc1Cl. The number of aliphatic hydroxyl groups excluding tert-OH is 1. The van der Waals surface area contributed by atoms with Crippen LogP contribution in [0, 0.1) is 3.57 Å². The van der Waals surface area contributed by atoms with E-state index in [0.29, 0.717) is 10.6 Å². The van der Waals surface area contributed by atoms with Gasteiger partial charge in [-0.25, -0.2) is 4.79 Å². The minimum atomic E-state index is -0.944. The molecule has 0 radical (unpaired) electrons. The Bertz CT molecular complexity index is 398. The zero-order valence-corrected chi connectivity index (χ0v) is 11.4. The third-order valence-corrected chi connectivity index (χ3v) is 2.95. The van der Waals surface area contributed by atoms with Crippen LogP contribution in [-0.4, -0.2) is 17.3 Å². The van der Waals surface area contributed by atoms with Crippen LogP contribution in [-0.2, 0) is 4.74 Å². The van der Waals surface area contributed by atoms with Crippen molar-refractivity contribution >= 4 is 40.3 Å². The molecule has 1 amide bonds. The van der Waals surface area contributed by atoms with E-state index in [0.717, 1.165) is 3.57 Å². The number of hydrogen-bond acceptors (Lipinski definition) is 3. The van der Waals surface area contributed by atoms with Crippen LogP contribution < -0.4 is 5.73 Å². The van der Waals surface area contributed by atoms with Crippen LogP contribution in [0.25, 0.3) is 0 Å². The number of aliphatic hydroxyl groups is 1. The molecule has 0 fully saturated rings. The quantitative estimate of drug-likeness (QED) is 0.818. The van der Waals surface area contributed by atoms with Crippen molar-refractivity contribution in [1.29, 1.82) is 0 Å². The van der Waals surface area contributed by atoms with Crippen LogP contribution in [0.5, 0.6) is 0 Å². The number of amides is 1. The second kappa shape index (κ2) is 5.70. The largest absolute Gasteiger partial charge is 0.439 e. The van der Waals surface area contributed by atoms with Crippen LogP contribution in [0.3, 0.4) is 0 Å². The molecular weight excluding hydrogens is 344 g/mol. The molecule has 0 aliphatic rings. The van der Waals surface area contributed by atoms with Gasteiger partial charge in [0.25, 0.3) is 0 Å². The molecule has 3 N–H and O–H groups in total. The number of rotatable bonds is 3. The summed E-state index contributed by atoms with van der Waals surface area (Å²) in [5.41, 5.74) is 5.47. The summed E-state index contributed by atoms with van der Waals surface area (Å²) in [6, 6.07) is 5.23. The van der Waals surface area contributed by atoms with E-state index < -0.39 is 18.3 Å². The summed E-state index contributed by atoms with van der Waals surface area (Å²) in [5, 5.41) is 9.94.